The van der Waals surface area contributed by atoms with Crippen LogP contribution < -0.4 is 10.6 Å². The van der Waals surface area contributed by atoms with Crippen LogP contribution in [0.2, 0.25) is 0 Å². The van der Waals surface area contributed by atoms with Gasteiger partial charge < -0.3 is 10.6 Å². The molecule has 0 radical (unpaired) electrons. The Kier molecular flexibility index (Phi) is 6.57. The quantitative estimate of drug-likeness (QED) is 0.801. The minimum atomic E-state index is -3.24. The first kappa shape index (κ1) is 19.2. The summed E-state index contributed by atoms with van der Waals surface area (Å²) in [6, 6.07) is 6.61. The minimum absolute atomic E-state index is 0.207. The van der Waals surface area contributed by atoms with E-state index in [0.717, 1.165) is 38.5 Å². The first-order valence-corrected chi connectivity index (χ1v) is 11.5. The number of carbonyl (C=O) groups is 1. The van der Waals surface area contributed by atoms with Gasteiger partial charge in [0.1, 0.15) is 0 Å². The zero-order valence-corrected chi connectivity index (χ0v) is 16.2. The van der Waals surface area contributed by atoms with Crippen LogP contribution in [0.25, 0.3) is 0 Å². The Morgan fingerprint density at radius 1 is 0.808 bits per heavy atom. The highest BCUT2D eigenvalue weighted by molar-refractivity contribution is 7.92. The number of hydrogen-bond acceptors (Lipinski definition) is 3. The van der Waals surface area contributed by atoms with Crippen molar-refractivity contribution in [3.8, 4) is 0 Å². The Labute approximate surface area is 156 Å². The number of nitrogens with one attached hydrogen (secondary N) is 2. The number of anilines is 1. The summed E-state index contributed by atoms with van der Waals surface area (Å²) in [6.07, 6.45) is 11.7. The Balaban J connectivity index is 1.55. The van der Waals surface area contributed by atoms with Crippen LogP contribution in [0.5, 0.6) is 0 Å². The van der Waals surface area contributed by atoms with Crippen molar-refractivity contribution in [2.24, 2.45) is 0 Å². The van der Waals surface area contributed by atoms with Crippen LogP contribution in [0.3, 0.4) is 0 Å². The summed E-state index contributed by atoms with van der Waals surface area (Å²) in [6.45, 7) is 0. The average Bonchev–Trinajstić information content (AvgIpc) is 3.13. The number of hydrogen-bond donors (Lipinski definition) is 2. The summed E-state index contributed by atoms with van der Waals surface area (Å²) in [7, 11) is -3.24. The molecule has 2 aliphatic rings. The smallest absolute Gasteiger partial charge is 0.319 e. The van der Waals surface area contributed by atoms with Gasteiger partial charge >= 0.3 is 6.03 Å². The maximum absolute atomic E-state index is 12.6. The Morgan fingerprint density at radius 2 is 1.35 bits per heavy atom. The van der Waals surface area contributed by atoms with Gasteiger partial charge in [-0.05, 0) is 49.9 Å². The van der Waals surface area contributed by atoms with Crippen LogP contribution >= 0.6 is 0 Å². The van der Waals surface area contributed by atoms with Gasteiger partial charge in [-0.15, -0.1) is 0 Å². The molecular formula is C20H30N2O3S. The number of amides is 2. The molecule has 0 heterocycles. The lowest BCUT2D eigenvalue weighted by atomic mass is 9.97. The van der Waals surface area contributed by atoms with Crippen molar-refractivity contribution in [2.75, 3.05) is 5.32 Å². The zero-order chi connectivity index (χ0) is 18.4. The van der Waals surface area contributed by atoms with E-state index in [9.17, 15) is 13.2 Å². The van der Waals surface area contributed by atoms with Crippen molar-refractivity contribution in [1.82, 2.24) is 5.32 Å². The van der Waals surface area contributed by atoms with Crippen molar-refractivity contribution in [1.29, 1.82) is 0 Å². The monoisotopic (exact) mass is 378 g/mol. The highest BCUT2D eigenvalue weighted by Crippen LogP contribution is 2.30. The molecule has 2 aliphatic carbocycles. The summed E-state index contributed by atoms with van der Waals surface area (Å²) in [5.41, 5.74) is 0.624. The predicted molar refractivity (Wildman–Crippen MR) is 104 cm³/mol. The van der Waals surface area contributed by atoms with Crippen molar-refractivity contribution in [3.05, 3.63) is 24.3 Å². The topological polar surface area (TPSA) is 75.3 Å². The van der Waals surface area contributed by atoms with Crippen LogP contribution in [0.1, 0.15) is 70.6 Å². The van der Waals surface area contributed by atoms with E-state index in [4.69, 9.17) is 0 Å². The molecule has 6 heteroatoms. The molecule has 0 saturated heterocycles. The van der Waals surface area contributed by atoms with Gasteiger partial charge in [-0.25, -0.2) is 13.2 Å². The van der Waals surface area contributed by atoms with Gasteiger partial charge in [0.25, 0.3) is 0 Å². The summed E-state index contributed by atoms with van der Waals surface area (Å²) >= 11 is 0. The Hall–Kier alpha value is -1.56. The van der Waals surface area contributed by atoms with Gasteiger partial charge in [0.05, 0.1) is 10.1 Å². The fourth-order valence-corrected chi connectivity index (χ4v) is 5.93. The zero-order valence-electron chi connectivity index (χ0n) is 15.4. The maximum atomic E-state index is 12.6. The number of urea groups is 1. The second-order valence-electron chi connectivity index (χ2n) is 7.62. The molecule has 2 amide bonds. The fraction of sp³-hybridized carbons (Fsp3) is 0.650. The lowest BCUT2D eigenvalue weighted by Gasteiger charge is -2.21. The molecule has 0 aliphatic heterocycles. The third-order valence-electron chi connectivity index (χ3n) is 5.62. The van der Waals surface area contributed by atoms with E-state index in [1.807, 2.05) is 0 Å². The van der Waals surface area contributed by atoms with E-state index in [1.54, 1.807) is 24.3 Å². The molecule has 0 atom stereocenters. The van der Waals surface area contributed by atoms with Gasteiger partial charge in [-0.1, -0.05) is 44.9 Å². The largest absolute Gasteiger partial charge is 0.335 e. The Morgan fingerprint density at radius 3 is 1.96 bits per heavy atom. The molecule has 0 bridgehead atoms. The van der Waals surface area contributed by atoms with E-state index >= 15 is 0 Å². The molecule has 1 aromatic rings. The molecule has 0 aromatic heterocycles. The highest BCUT2D eigenvalue weighted by Gasteiger charge is 2.30. The van der Waals surface area contributed by atoms with Crippen molar-refractivity contribution < 1.29 is 13.2 Å². The lowest BCUT2D eigenvalue weighted by molar-refractivity contribution is 0.245. The fourth-order valence-electron chi connectivity index (χ4n) is 4.07. The van der Waals surface area contributed by atoms with Crippen molar-refractivity contribution >= 4 is 21.6 Å². The predicted octanol–water partition coefficient (Wildman–Crippen LogP) is 4.64. The van der Waals surface area contributed by atoms with E-state index < -0.39 is 9.84 Å². The van der Waals surface area contributed by atoms with E-state index in [1.165, 1.54) is 32.1 Å². The SMILES string of the molecule is O=C(Nc1ccc(S(=O)(=O)C2CCCC2)cc1)NC1CCCCCCC1. The van der Waals surface area contributed by atoms with E-state index in [2.05, 4.69) is 10.6 Å². The van der Waals surface area contributed by atoms with E-state index in [0.29, 0.717) is 10.6 Å². The first-order chi connectivity index (χ1) is 12.6. The minimum Gasteiger partial charge on any atom is -0.335 e. The molecule has 2 fully saturated rings. The summed E-state index contributed by atoms with van der Waals surface area (Å²) < 4.78 is 25.2. The molecule has 0 unspecified atom stereocenters. The summed E-state index contributed by atoms with van der Waals surface area (Å²) in [5.74, 6) is 0. The third kappa shape index (κ3) is 5.00. The molecule has 5 nitrogen and oxygen atoms in total. The average molecular weight is 379 g/mol. The van der Waals surface area contributed by atoms with Crippen LogP contribution in [0.15, 0.2) is 29.2 Å². The van der Waals surface area contributed by atoms with Crippen LogP contribution in [0.4, 0.5) is 10.5 Å². The number of carbonyl (C=O) groups excluding carboxylic acids is 1. The summed E-state index contributed by atoms with van der Waals surface area (Å²) in [4.78, 5) is 12.6. The maximum Gasteiger partial charge on any atom is 0.319 e. The van der Waals surface area contributed by atoms with Gasteiger partial charge in [0.2, 0.25) is 0 Å². The Bertz CT molecular complexity index is 686. The van der Waals surface area contributed by atoms with Crippen LogP contribution in [-0.4, -0.2) is 25.7 Å². The summed E-state index contributed by atoms with van der Waals surface area (Å²) in [5, 5.41) is 5.64. The molecule has 1 aromatic carbocycles. The van der Waals surface area contributed by atoms with Crippen LogP contribution in [0, 0.1) is 0 Å². The molecule has 2 N–H and O–H groups in total. The lowest BCUT2D eigenvalue weighted by Crippen LogP contribution is -2.38. The van der Waals surface area contributed by atoms with Gasteiger partial charge in [0, 0.05) is 11.7 Å². The molecule has 3 rings (SSSR count). The normalized spacial score (nSPS) is 20.3. The first-order valence-electron chi connectivity index (χ1n) is 9.97. The van der Waals surface area contributed by atoms with E-state index in [-0.39, 0.29) is 17.3 Å². The number of rotatable bonds is 4. The highest BCUT2D eigenvalue weighted by atomic mass is 32.2. The molecule has 2 saturated carbocycles. The van der Waals surface area contributed by atoms with Crippen molar-refractivity contribution in [2.45, 2.75) is 86.8 Å². The van der Waals surface area contributed by atoms with Crippen LogP contribution in [-0.2, 0) is 9.84 Å². The van der Waals surface area contributed by atoms with Gasteiger partial charge in [0.15, 0.2) is 9.84 Å². The van der Waals surface area contributed by atoms with Gasteiger partial charge in [-0.3, -0.25) is 0 Å². The number of sulfone groups is 1. The standard InChI is InChI=1S/C20H30N2O3S/c23-20(21-16-8-4-2-1-3-5-9-16)22-17-12-14-19(15-13-17)26(24,25)18-10-6-7-11-18/h12-16,18H,1-11H2,(H2,21,22,23). The van der Waals surface area contributed by atoms with Crippen molar-refractivity contribution in [3.63, 3.8) is 0 Å². The molecule has 26 heavy (non-hydrogen) atoms. The second-order valence-corrected chi connectivity index (χ2v) is 9.84. The second kappa shape index (κ2) is 8.89. The number of benzene rings is 1. The third-order valence-corrected chi connectivity index (χ3v) is 7.90. The molecular weight excluding hydrogens is 348 g/mol. The molecule has 0 spiro atoms. The molecule has 144 valence electrons. The van der Waals surface area contributed by atoms with Gasteiger partial charge in [-0.2, -0.15) is 0 Å².